The van der Waals surface area contributed by atoms with E-state index < -0.39 is 0 Å². The third-order valence-corrected chi connectivity index (χ3v) is 4.30. The van der Waals surface area contributed by atoms with Gasteiger partial charge in [0.05, 0.1) is 24.8 Å². The average Bonchev–Trinajstić information content (AvgIpc) is 2.67. The molecule has 0 aliphatic carbocycles. The van der Waals surface area contributed by atoms with Crippen molar-refractivity contribution in [1.29, 1.82) is 0 Å². The number of hydrogen-bond acceptors (Lipinski definition) is 4. The van der Waals surface area contributed by atoms with Crippen LogP contribution in [-0.4, -0.2) is 48.7 Å². The Labute approximate surface area is 152 Å². The lowest BCUT2D eigenvalue weighted by atomic mass is 10.1. The fraction of sp³-hybridized carbons (Fsp3) is 0.368. The van der Waals surface area contributed by atoms with Crippen LogP contribution in [-0.2, 0) is 4.74 Å². The lowest BCUT2D eigenvalue weighted by molar-refractivity contribution is 0.0299. The Morgan fingerprint density at radius 2 is 2.00 bits per heavy atom. The van der Waals surface area contributed by atoms with Gasteiger partial charge in [-0.2, -0.15) is 0 Å². The SMILES string of the molecule is CCCOc1ccc(-c2ccc(C(=O)N3CCOCC3)nc2)cc1Cl. The molecule has 0 spiro atoms. The zero-order chi connectivity index (χ0) is 17.6. The van der Waals surface area contributed by atoms with Gasteiger partial charge < -0.3 is 14.4 Å². The second-order valence-corrected chi connectivity index (χ2v) is 6.24. The van der Waals surface area contributed by atoms with Gasteiger partial charge in [-0.3, -0.25) is 9.78 Å². The summed E-state index contributed by atoms with van der Waals surface area (Å²) >= 11 is 6.28. The summed E-state index contributed by atoms with van der Waals surface area (Å²) < 4.78 is 10.9. The van der Waals surface area contributed by atoms with Gasteiger partial charge >= 0.3 is 0 Å². The van der Waals surface area contributed by atoms with Gasteiger partial charge in [0.25, 0.3) is 5.91 Å². The molecule has 3 rings (SSSR count). The van der Waals surface area contributed by atoms with Gasteiger partial charge in [0.1, 0.15) is 11.4 Å². The summed E-state index contributed by atoms with van der Waals surface area (Å²) in [6, 6.07) is 9.30. The molecule has 25 heavy (non-hydrogen) atoms. The Kier molecular flexibility index (Phi) is 5.89. The molecular weight excluding hydrogens is 340 g/mol. The summed E-state index contributed by atoms with van der Waals surface area (Å²) in [5, 5.41) is 0.569. The fourth-order valence-electron chi connectivity index (χ4n) is 2.63. The molecular formula is C19H21ClN2O3. The maximum absolute atomic E-state index is 12.4. The molecule has 6 heteroatoms. The summed E-state index contributed by atoms with van der Waals surface area (Å²) in [6.07, 6.45) is 2.63. The second kappa shape index (κ2) is 8.32. The van der Waals surface area contributed by atoms with E-state index in [-0.39, 0.29) is 5.91 Å². The van der Waals surface area contributed by atoms with Crippen molar-refractivity contribution in [2.75, 3.05) is 32.9 Å². The minimum Gasteiger partial charge on any atom is -0.492 e. The third-order valence-electron chi connectivity index (χ3n) is 4.01. The standard InChI is InChI=1S/C19H21ClN2O3/c1-2-9-25-18-6-4-14(12-16(18)20)15-3-5-17(21-13-15)19(23)22-7-10-24-11-8-22/h3-6,12-13H,2,7-11H2,1H3. The number of halogens is 1. The van der Waals surface area contributed by atoms with E-state index in [4.69, 9.17) is 21.1 Å². The first-order valence-corrected chi connectivity index (χ1v) is 8.82. The molecule has 0 radical (unpaired) electrons. The molecule has 132 valence electrons. The first kappa shape index (κ1) is 17.7. The van der Waals surface area contributed by atoms with Crippen LogP contribution >= 0.6 is 11.6 Å². The van der Waals surface area contributed by atoms with Crippen LogP contribution in [0.25, 0.3) is 11.1 Å². The van der Waals surface area contributed by atoms with Crippen molar-refractivity contribution in [3.05, 3.63) is 47.2 Å². The van der Waals surface area contributed by atoms with Gasteiger partial charge in [-0.25, -0.2) is 0 Å². The van der Waals surface area contributed by atoms with Crippen molar-refractivity contribution in [1.82, 2.24) is 9.88 Å². The van der Waals surface area contributed by atoms with E-state index in [9.17, 15) is 4.79 Å². The maximum atomic E-state index is 12.4. The quantitative estimate of drug-likeness (QED) is 0.816. The number of morpholine rings is 1. The summed E-state index contributed by atoms with van der Waals surface area (Å²) in [4.78, 5) is 18.5. The molecule has 0 N–H and O–H groups in total. The van der Waals surface area contributed by atoms with Gasteiger partial charge in [-0.1, -0.05) is 30.7 Å². The highest BCUT2D eigenvalue weighted by atomic mass is 35.5. The number of pyridine rings is 1. The molecule has 2 aromatic rings. The first-order valence-electron chi connectivity index (χ1n) is 8.45. The highest BCUT2D eigenvalue weighted by Gasteiger charge is 2.19. The Morgan fingerprint density at radius 3 is 2.64 bits per heavy atom. The number of carbonyl (C=O) groups excluding carboxylic acids is 1. The molecule has 1 fully saturated rings. The monoisotopic (exact) mass is 360 g/mol. The van der Waals surface area contributed by atoms with Crippen LogP contribution in [0.3, 0.4) is 0 Å². The van der Waals surface area contributed by atoms with Crippen molar-refractivity contribution in [2.24, 2.45) is 0 Å². The molecule has 0 unspecified atom stereocenters. The zero-order valence-electron chi connectivity index (χ0n) is 14.2. The van der Waals surface area contributed by atoms with Gasteiger partial charge in [-0.15, -0.1) is 0 Å². The molecule has 1 aliphatic heterocycles. The van der Waals surface area contributed by atoms with Gasteiger partial charge in [0, 0.05) is 24.8 Å². The van der Waals surface area contributed by atoms with Gasteiger partial charge in [0.15, 0.2) is 0 Å². The number of ether oxygens (including phenoxy) is 2. The van der Waals surface area contributed by atoms with E-state index in [0.29, 0.717) is 49.4 Å². The highest BCUT2D eigenvalue weighted by Crippen LogP contribution is 2.30. The zero-order valence-corrected chi connectivity index (χ0v) is 15.0. The third kappa shape index (κ3) is 4.30. The van der Waals surface area contributed by atoms with E-state index in [0.717, 1.165) is 17.5 Å². The maximum Gasteiger partial charge on any atom is 0.272 e. The minimum absolute atomic E-state index is 0.0591. The van der Waals surface area contributed by atoms with Crippen molar-refractivity contribution in [3.8, 4) is 16.9 Å². The molecule has 0 atom stereocenters. The van der Waals surface area contributed by atoms with E-state index in [2.05, 4.69) is 4.98 Å². The van der Waals surface area contributed by atoms with Crippen LogP contribution < -0.4 is 4.74 Å². The largest absolute Gasteiger partial charge is 0.492 e. The normalized spacial score (nSPS) is 14.4. The molecule has 5 nitrogen and oxygen atoms in total. The Hall–Kier alpha value is -2.11. The van der Waals surface area contributed by atoms with E-state index in [1.165, 1.54) is 0 Å². The molecule has 1 aromatic heterocycles. The topological polar surface area (TPSA) is 51.7 Å². The van der Waals surface area contributed by atoms with Gasteiger partial charge in [0.2, 0.25) is 0 Å². The number of benzene rings is 1. The summed E-state index contributed by atoms with van der Waals surface area (Å²) in [7, 11) is 0. The second-order valence-electron chi connectivity index (χ2n) is 5.83. The number of hydrogen-bond donors (Lipinski definition) is 0. The molecule has 2 heterocycles. The average molecular weight is 361 g/mol. The van der Waals surface area contributed by atoms with Crippen molar-refractivity contribution in [2.45, 2.75) is 13.3 Å². The number of aromatic nitrogens is 1. The van der Waals surface area contributed by atoms with Crippen LogP contribution in [0.2, 0.25) is 5.02 Å². The van der Waals surface area contributed by atoms with E-state index in [1.54, 1.807) is 17.2 Å². The predicted octanol–water partition coefficient (Wildman–Crippen LogP) is 3.66. The van der Waals surface area contributed by atoms with Crippen molar-refractivity contribution < 1.29 is 14.3 Å². The summed E-state index contributed by atoms with van der Waals surface area (Å²) in [5.41, 5.74) is 2.29. The number of amides is 1. The molecule has 1 saturated heterocycles. The molecule has 1 amide bonds. The van der Waals surface area contributed by atoms with Crippen LogP contribution in [0.15, 0.2) is 36.5 Å². The predicted molar refractivity (Wildman–Crippen MR) is 97.2 cm³/mol. The number of nitrogens with zero attached hydrogens (tertiary/aromatic N) is 2. The van der Waals surface area contributed by atoms with Crippen LogP contribution in [0, 0.1) is 0 Å². The van der Waals surface area contributed by atoms with Crippen molar-refractivity contribution in [3.63, 3.8) is 0 Å². The van der Waals surface area contributed by atoms with Crippen LogP contribution in [0.5, 0.6) is 5.75 Å². The lowest BCUT2D eigenvalue weighted by Gasteiger charge is -2.26. The lowest BCUT2D eigenvalue weighted by Crippen LogP contribution is -2.41. The fourth-order valence-corrected chi connectivity index (χ4v) is 2.86. The first-order chi connectivity index (χ1) is 12.2. The van der Waals surface area contributed by atoms with Crippen LogP contribution in [0.1, 0.15) is 23.8 Å². The number of carbonyl (C=O) groups is 1. The molecule has 1 aliphatic rings. The van der Waals surface area contributed by atoms with E-state index >= 15 is 0 Å². The summed E-state index contributed by atoms with van der Waals surface area (Å²) in [6.45, 7) is 5.06. The Morgan fingerprint density at radius 1 is 1.24 bits per heavy atom. The summed E-state index contributed by atoms with van der Waals surface area (Å²) in [5.74, 6) is 0.621. The van der Waals surface area contributed by atoms with Crippen molar-refractivity contribution >= 4 is 17.5 Å². The highest BCUT2D eigenvalue weighted by molar-refractivity contribution is 6.32. The van der Waals surface area contributed by atoms with E-state index in [1.807, 2.05) is 31.2 Å². The molecule has 0 saturated carbocycles. The Bertz CT molecular complexity index is 728. The number of rotatable bonds is 5. The minimum atomic E-state index is -0.0591. The van der Waals surface area contributed by atoms with Gasteiger partial charge in [-0.05, 0) is 30.2 Å². The molecule has 1 aromatic carbocycles. The molecule has 0 bridgehead atoms. The van der Waals surface area contributed by atoms with Crippen LogP contribution in [0.4, 0.5) is 0 Å². The smallest absolute Gasteiger partial charge is 0.272 e. The Balaban J connectivity index is 1.73.